The van der Waals surface area contributed by atoms with Gasteiger partial charge in [0.05, 0.1) is 25.0 Å². The van der Waals surface area contributed by atoms with E-state index in [1.807, 2.05) is 0 Å². The maximum Gasteiger partial charge on any atom is 0.414 e. The Morgan fingerprint density at radius 1 is 1.16 bits per heavy atom. The van der Waals surface area contributed by atoms with Crippen LogP contribution in [0.2, 0.25) is 0 Å². The SMILES string of the molecule is CC(=O)NC[C@H]1CN(c2cc(F)c(NCCNC(=O)[C@@H](NC(=O)c3ccno3)C(C)C)c(F)c2)C(=O)O1. The molecule has 0 saturated carbocycles. The molecule has 200 valence electrons. The van der Waals surface area contributed by atoms with Gasteiger partial charge >= 0.3 is 6.09 Å². The molecule has 2 aromatic rings. The standard InChI is InChI=1S/C23H28F2N6O6/c1-12(2)19(30-21(33)18-4-5-29-37-18)22(34)27-7-6-26-20-16(24)8-14(9-17(20)25)31-11-15(36-23(31)35)10-28-13(3)32/h4-5,8-9,12,15,19,26H,6-7,10-11H2,1-3H3,(H,27,34)(H,28,32)(H,30,33)/t15-,19-/m0/s1. The Morgan fingerprint density at radius 3 is 2.46 bits per heavy atom. The van der Waals surface area contributed by atoms with Gasteiger partial charge in [-0.3, -0.25) is 19.3 Å². The second kappa shape index (κ2) is 12.1. The number of cyclic esters (lactones) is 1. The van der Waals surface area contributed by atoms with Crippen molar-refractivity contribution >= 4 is 35.2 Å². The molecule has 37 heavy (non-hydrogen) atoms. The van der Waals surface area contributed by atoms with E-state index < -0.39 is 47.4 Å². The number of hydrogen-bond acceptors (Lipinski definition) is 8. The van der Waals surface area contributed by atoms with Gasteiger partial charge in [-0.25, -0.2) is 13.6 Å². The van der Waals surface area contributed by atoms with Gasteiger partial charge in [0, 0.05) is 38.2 Å². The number of halogens is 2. The molecule has 1 aromatic carbocycles. The lowest BCUT2D eigenvalue weighted by molar-refractivity contribution is -0.124. The van der Waals surface area contributed by atoms with Gasteiger partial charge in [0.25, 0.3) is 5.91 Å². The van der Waals surface area contributed by atoms with Crippen molar-refractivity contribution in [1.82, 2.24) is 21.1 Å². The van der Waals surface area contributed by atoms with Gasteiger partial charge in [-0.1, -0.05) is 19.0 Å². The predicted molar refractivity (Wildman–Crippen MR) is 127 cm³/mol. The molecule has 2 atom stereocenters. The summed E-state index contributed by atoms with van der Waals surface area (Å²) in [6.07, 6.45) is -0.135. The zero-order valence-electron chi connectivity index (χ0n) is 20.5. The molecule has 0 radical (unpaired) electrons. The van der Waals surface area contributed by atoms with Crippen LogP contribution in [-0.4, -0.2) is 67.3 Å². The van der Waals surface area contributed by atoms with Crippen LogP contribution in [0.4, 0.5) is 25.0 Å². The molecule has 2 heterocycles. The number of benzene rings is 1. The van der Waals surface area contributed by atoms with Crippen LogP contribution in [0.3, 0.4) is 0 Å². The molecule has 0 bridgehead atoms. The van der Waals surface area contributed by atoms with Crippen molar-refractivity contribution in [2.45, 2.75) is 32.9 Å². The van der Waals surface area contributed by atoms with E-state index in [4.69, 9.17) is 9.26 Å². The van der Waals surface area contributed by atoms with Crippen LogP contribution in [0.5, 0.6) is 0 Å². The van der Waals surface area contributed by atoms with Crippen molar-refractivity contribution in [1.29, 1.82) is 0 Å². The zero-order chi connectivity index (χ0) is 27.1. The highest BCUT2D eigenvalue weighted by Crippen LogP contribution is 2.28. The number of ether oxygens (including phenoxy) is 1. The minimum Gasteiger partial charge on any atom is -0.442 e. The van der Waals surface area contributed by atoms with Crippen molar-refractivity contribution in [2.24, 2.45) is 5.92 Å². The number of aromatic nitrogens is 1. The molecule has 12 nitrogen and oxygen atoms in total. The third kappa shape index (κ3) is 7.15. The lowest BCUT2D eigenvalue weighted by atomic mass is 10.0. The molecule has 1 aliphatic heterocycles. The first-order chi connectivity index (χ1) is 17.6. The van der Waals surface area contributed by atoms with E-state index in [2.05, 4.69) is 26.4 Å². The number of nitrogens with one attached hydrogen (secondary N) is 4. The topological polar surface area (TPSA) is 155 Å². The van der Waals surface area contributed by atoms with Gasteiger partial charge in [-0.05, 0) is 5.92 Å². The van der Waals surface area contributed by atoms with Crippen molar-refractivity contribution in [3.05, 3.63) is 41.8 Å². The second-order valence-electron chi connectivity index (χ2n) is 8.63. The Kier molecular flexibility index (Phi) is 8.98. The quantitative estimate of drug-likeness (QED) is 0.323. The third-order valence-electron chi connectivity index (χ3n) is 5.41. The average molecular weight is 523 g/mol. The molecule has 1 aromatic heterocycles. The minimum atomic E-state index is -0.946. The number of nitrogens with zero attached hydrogens (tertiary/aromatic N) is 2. The van der Waals surface area contributed by atoms with E-state index in [1.165, 1.54) is 19.2 Å². The van der Waals surface area contributed by atoms with Crippen LogP contribution in [-0.2, 0) is 14.3 Å². The molecule has 1 aliphatic rings. The minimum absolute atomic E-state index is 0.00411. The van der Waals surface area contributed by atoms with Crippen molar-refractivity contribution in [3.8, 4) is 0 Å². The molecule has 0 unspecified atom stereocenters. The summed E-state index contributed by atoms with van der Waals surface area (Å²) >= 11 is 0. The van der Waals surface area contributed by atoms with E-state index in [-0.39, 0.29) is 49.5 Å². The lowest BCUT2D eigenvalue weighted by Crippen LogP contribution is -2.50. The van der Waals surface area contributed by atoms with Crippen LogP contribution in [0, 0.1) is 17.6 Å². The number of carbonyl (C=O) groups excluding carboxylic acids is 4. The van der Waals surface area contributed by atoms with Crippen LogP contribution in [0.1, 0.15) is 31.3 Å². The highest BCUT2D eigenvalue weighted by Gasteiger charge is 2.33. The van der Waals surface area contributed by atoms with E-state index in [1.54, 1.807) is 13.8 Å². The smallest absolute Gasteiger partial charge is 0.414 e. The van der Waals surface area contributed by atoms with Gasteiger partial charge in [0.2, 0.25) is 17.6 Å². The maximum atomic E-state index is 14.7. The van der Waals surface area contributed by atoms with Gasteiger partial charge in [0.15, 0.2) is 11.6 Å². The highest BCUT2D eigenvalue weighted by molar-refractivity contribution is 5.95. The van der Waals surface area contributed by atoms with Crippen molar-refractivity contribution in [2.75, 3.05) is 36.4 Å². The fourth-order valence-corrected chi connectivity index (χ4v) is 3.54. The normalized spacial score (nSPS) is 15.8. The molecular formula is C23H28F2N6O6. The molecular weight excluding hydrogens is 494 g/mol. The molecule has 3 rings (SSSR count). The highest BCUT2D eigenvalue weighted by atomic mass is 19.1. The first-order valence-electron chi connectivity index (χ1n) is 11.5. The Bertz CT molecular complexity index is 1120. The fourth-order valence-electron chi connectivity index (χ4n) is 3.54. The number of amides is 4. The third-order valence-corrected chi connectivity index (χ3v) is 5.41. The lowest BCUT2D eigenvalue weighted by Gasteiger charge is -2.21. The number of carbonyl (C=O) groups is 4. The summed E-state index contributed by atoms with van der Waals surface area (Å²) in [6.45, 7) is 4.88. The van der Waals surface area contributed by atoms with E-state index in [0.29, 0.717) is 0 Å². The summed E-state index contributed by atoms with van der Waals surface area (Å²) in [4.78, 5) is 48.9. The summed E-state index contributed by atoms with van der Waals surface area (Å²) in [7, 11) is 0. The predicted octanol–water partition coefficient (Wildman–Crippen LogP) is 1.40. The molecule has 4 amide bonds. The van der Waals surface area contributed by atoms with Crippen molar-refractivity contribution < 1.29 is 37.2 Å². The van der Waals surface area contributed by atoms with E-state index in [9.17, 15) is 28.0 Å². The Labute approximate surface area is 211 Å². The first kappa shape index (κ1) is 27.4. The molecule has 4 N–H and O–H groups in total. The number of hydrogen-bond donors (Lipinski definition) is 4. The molecule has 0 spiro atoms. The largest absolute Gasteiger partial charge is 0.442 e. The van der Waals surface area contributed by atoms with Crippen LogP contribution in [0.25, 0.3) is 0 Å². The van der Waals surface area contributed by atoms with Crippen LogP contribution in [0.15, 0.2) is 28.9 Å². The first-order valence-corrected chi connectivity index (χ1v) is 11.5. The number of rotatable bonds is 11. The van der Waals surface area contributed by atoms with Gasteiger partial charge in [-0.2, -0.15) is 0 Å². The molecule has 0 aliphatic carbocycles. The summed E-state index contributed by atoms with van der Waals surface area (Å²) < 4.78 is 39.2. The Balaban J connectivity index is 1.53. The molecule has 1 saturated heterocycles. The van der Waals surface area contributed by atoms with E-state index >= 15 is 0 Å². The summed E-state index contributed by atoms with van der Waals surface area (Å²) in [5.41, 5.74) is -0.467. The van der Waals surface area contributed by atoms with Crippen LogP contribution < -0.4 is 26.2 Å². The van der Waals surface area contributed by atoms with Crippen molar-refractivity contribution in [3.63, 3.8) is 0 Å². The monoisotopic (exact) mass is 522 g/mol. The van der Waals surface area contributed by atoms with Crippen LogP contribution >= 0.6 is 0 Å². The zero-order valence-corrected chi connectivity index (χ0v) is 20.5. The second-order valence-corrected chi connectivity index (χ2v) is 8.63. The number of anilines is 2. The Morgan fingerprint density at radius 2 is 1.86 bits per heavy atom. The van der Waals surface area contributed by atoms with Gasteiger partial charge in [0.1, 0.15) is 17.8 Å². The maximum absolute atomic E-state index is 14.7. The molecule has 1 fully saturated rings. The summed E-state index contributed by atoms with van der Waals surface area (Å²) in [5, 5.41) is 13.7. The summed E-state index contributed by atoms with van der Waals surface area (Å²) in [5.74, 6) is -3.57. The molecule has 14 heteroatoms. The average Bonchev–Trinajstić information content (AvgIpc) is 3.49. The van der Waals surface area contributed by atoms with E-state index in [0.717, 1.165) is 17.0 Å². The Hall–Kier alpha value is -4.23. The van der Waals surface area contributed by atoms with Gasteiger partial charge < -0.3 is 30.5 Å². The summed E-state index contributed by atoms with van der Waals surface area (Å²) in [6, 6.07) is 2.46. The van der Waals surface area contributed by atoms with Gasteiger partial charge in [-0.15, -0.1) is 0 Å². The fraction of sp³-hybridized carbons (Fsp3) is 0.435.